The van der Waals surface area contributed by atoms with Crippen LogP contribution in [0.25, 0.3) is 6.08 Å². The lowest BCUT2D eigenvalue weighted by Crippen LogP contribution is -2.23. The van der Waals surface area contributed by atoms with Crippen molar-refractivity contribution in [3.63, 3.8) is 0 Å². The van der Waals surface area contributed by atoms with Crippen molar-refractivity contribution in [2.45, 2.75) is 6.54 Å². The van der Waals surface area contributed by atoms with Gasteiger partial charge in [0.15, 0.2) is 11.5 Å². The molecule has 27 heavy (non-hydrogen) atoms. The number of carbonyl (C=O) groups is 1. The standard InChI is InChI=1S/C20H18N2O5/c1-24-16-4-6-17(25-2)14(9-16)8-15(10-21)20(23)22-11-13-3-5-18-19(7-13)27-12-26-18/h3-9H,11-12H2,1-2H3,(H,22,23)/b15-8+. The van der Waals surface area contributed by atoms with E-state index in [-0.39, 0.29) is 18.9 Å². The zero-order valence-corrected chi connectivity index (χ0v) is 14.9. The maximum Gasteiger partial charge on any atom is 0.262 e. The third-order valence-electron chi connectivity index (χ3n) is 3.99. The predicted octanol–water partition coefficient (Wildman–Crippen LogP) is 2.66. The van der Waals surface area contributed by atoms with E-state index in [9.17, 15) is 10.1 Å². The van der Waals surface area contributed by atoms with Crippen LogP contribution in [0.3, 0.4) is 0 Å². The summed E-state index contributed by atoms with van der Waals surface area (Å²) in [6.45, 7) is 0.443. The molecule has 0 saturated heterocycles. The number of fused-ring (bicyclic) bond motifs is 1. The fourth-order valence-electron chi connectivity index (χ4n) is 2.58. The second kappa shape index (κ2) is 8.15. The van der Waals surface area contributed by atoms with Crippen LogP contribution in [0.2, 0.25) is 0 Å². The van der Waals surface area contributed by atoms with E-state index in [1.807, 2.05) is 12.1 Å². The number of rotatable bonds is 6. The number of hydrogen-bond donors (Lipinski definition) is 1. The first-order valence-electron chi connectivity index (χ1n) is 8.15. The third kappa shape index (κ3) is 4.12. The molecule has 0 saturated carbocycles. The number of methoxy groups -OCH3 is 2. The number of nitrogens with one attached hydrogen (secondary N) is 1. The van der Waals surface area contributed by atoms with E-state index in [0.29, 0.717) is 28.6 Å². The molecular weight excluding hydrogens is 348 g/mol. The number of carbonyl (C=O) groups excluding carboxylic acids is 1. The minimum Gasteiger partial charge on any atom is -0.497 e. The Morgan fingerprint density at radius 2 is 2.00 bits per heavy atom. The van der Waals surface area contributed by atoms with Gasteiger partial charge in [0.05, 0.1) is 14.2 Å². The highest BCUT2D eigenvalue weighted by Crippen LogP contribution is 2.32. The molecule has 1 amide bonds. The van der Waals surface area contributed by atoms with Crippen LogP contribution < -0.4 is 24.3 Å². The fourth-order valence-corrected chi connectivity index (χ4v) is 2.58. The summed E-state index contributed by atoms with van der Waals surface area (Å²) in [5.41, 5.74) is 1.37. The number of nitrogens with zero attached hydrogens (tertiary/aromatic N) is 1. The van der Waals surface area contributed by atoms with Crippen molar-refractivity contribution >= 4 is 12.0 Å². The van der Waals surface area contributed by atoms with Gasteiger partial charge in [-0.1, -0.05) is 6.07 Å². The van der Waals surface area contributed by atoms with Crippen LogP contribution in [0.15, 0.2) is 42.0 Å². The quantitative estimate of drug-likeness (QED) is 0.624. The summed E-state index contributed by atoms with van der Waals surface area (Å²) < 4.78 is 21.0. The molecule has 1 N–H and O–H groups in total. The Bertz CT molecular complexity index is 930. The van der Waals surface area contributed by atoms with Gasteiger partial charge in [-0.15, -0.1) is 0 Å². The van der Waals surface area contributed by atoms with E-state index >= 15 is 0 Å². The summed E-state index contributed by atoms with van der Waals surface area (Å²) >= 11 is 0. The number of nitriles is 1. The molecule has 0 aliphatic carbocycles. The fraction of sp³-hybridized carbons (Fsp3) is 0.200. The van der Waals surface area contributed by atoms with Crippen molar-refractivity contribution in [1.82, 2.24) is 5.32 Å². The van der Waals surface area contributed by atoms with Gasteiger partial charge in [-0.25, -0.2) is 0 Å². The van der Waals surface area contributed by atoms with Gasteiger partial charge >= 0.3 is 0 Å². The van der Waals surface area contributed by atoms with Gasteiger partial charge in [-0.2, -0.15) is 5.26 Å². The summed E-state index contributed by atoms with van der Waals surface area (Å²) in [6, 6.07) is 12.5. The largest absolute Gasteiger partial charge is 0.497 e. The molecule has 7 nitrogen and oxygen atoms in total. The van der Waals surface area contributed by atoms with E-state index in [4.69, 9.17) is 18.9 Å². The Balaban J connectivity index is 1.74. The van der Waals surface area contributed by atoms with Gasteiger partial charge in [0, 0.05) is 12.1 Å². The van der Waals surface area contributed by atoms with Crippen molar-refractivity contribution < 1.29 is 23.7 Å². The normalized spacial score (nSPS) is 12.3. The zero-order valence-electron chi connectivity index (χ0n) is 14.9. The molecule has 2 aromatic rings. The molecule has 0 bridgehead atoms. The molecular formula is C20H18N2O5. The Labute approximate surface area is 156 Å². The molecule has 1 aliphatic heterocycles. The molecule has 7 heteroatoms. The predicted molar refractivity (Wildman–Crippen MR) is 97.5 cm³/mol. The highest BCUT2D eigenvalue weighted by atomic mass is 16.7. The van der Waals surface area contributed by atoms with E-state index < -0.39 is 5.91 Å². The number of ether oxygens (including phenoxy) is 4. The first-order chi connectivity index (χ1) is 13.1. The highest BCUT2D eigenvalue weighted by molar-refractivity contribution is 6.02. The second-order valence-corrected chi connectivity index (χ2v) is 5.65. The highest BCUT2D eigenvalue weighted by Gasteiger charge is 2.15. The molecule has 0 radical (unpaired) electrons. The van der Waals surface area contributed by atoms with Crippen LogP contribution in [0.4, 0.5) is 0 Å². The Kier molecular flexibility index (Phi) is 5.47. The minimum absolute atomic E-state index is 0.0395. The molecule has 3 rings (SSSR count). The van der Waals surface area contributed by atoms with Gasteiger partial charge in [0.2, 0.25) is 6.79 Å². The van der Waals surface area contributed by atoms with Crippen molar-refractivity contribution in [3.8, 4) is 29.1 Å². The lowest BCUT2D eigenvalue weighted by Gasteiger charge is -2.09. The summed E-state index contributed by atoms with van der Waals surface area (Å²) in [5, 5.41) is 12.1. The average Bonchev–Trinajstić information content (AvgIpc) is 3.17. The van der Waals surface area contributed by atoms with Crippen LogP contribution in [0.1, 0.15) is 11.1 Å². The van der Waals surface area contributed by atoms with Crippen LogP contribution >= 0.6 is 0 Å². The van der Waals surface area contributed by atoms with E-state index in [1.165, 1.54) is 13.2 Å². The zero-order chi connectivity index (χ0) is 19.2. The lowest BCUT2D eigenvalue weighted by atomic mass is 10.1. The molecule has 0 spiro atoms. The number of amides is 1. The monoisotopic (exact) mass is 366 g/mol. The number of hydrogen-bond acceptors (Lipinski definition) is 6. The van der Waals surface area contributed by atoms with Crippen LogP contribution in [-0.2, 0) is 11.3 Å². The van der Waals surface area contributed by atoms with Gasteiger partial charge in [-0.3, -0.25) is 4.79 Å². The molecule has 0 aromatic heterocycles. The minimum atomic E-state index is -0.486. The van der Waals surface area contributed by atoms with Crippen molar-refractivity contribution in [3.05, 3.63) is 53.1 Å². The Morgan fingerprint density at radius 1 is 1.19 bits per heavy atom. The van der Waals surface area contributed by atoms with Crippen LogP contribution in [-0.4, -0.2) is 26.9 Å². The summed E-state index contributed by atoms with van der Waals surface area (Å²) in [5.74, 6) is 1.96. The van der Waals surface area contributed by atoms with Crippen molar-refractivity contribution in [1.29, 1.82) is 5.26 Å². The summed E-state index contributed by atoms with van der Waals surface area (Å²) in [7, 11) is 3.06. The van der Waals surface area contributed by atoms with Crippen LogP contribution in [0, 0.1) is 11.3 Å². The molecule has 1 heterocycles. The van der Waals surface area contributed by atoms with Crippen molar-refractivity contribution in [2.75, 3.05) is 21.0 Å². The smallest absolute Gasteiger partial charge is 0.262 e. The number of benzene rings is 2. The lowest BCUT2D eigenvalue weighted by molar-refractivity contribution is -0.117. The molecule has 0 atom stereocenters. The Hall–Kier alpha value is -3.66. The first-order valence-corrected chi connectivity index (χ1v) is 8.15. The average molecular weight is 366 g/mol. The second-order valence-electron chi connectivity index (χ2n) is 5.65. The van der Waals surface area contributed by atoms with Gasteiger partial charge in [0.1, 0.15) is 23.1 Å². The summed E-state index contributed by atoms with van der Waals surface area (Å²) in [4.78, 5) is 12.4. The van der Waals surface area contributed by atoms with E-state index in [0.717, 1.165) is 5.56 Å². The Morgan fingerprint density at radius 3 is 2.74 bits per heavy atom. The molecule has 0 unspecified atom stereocenters. The topological polar surface area (TPSA) is 89.8 Å². The van der Waals surface area contributed by atoms with E-state index in [1.54, 1.807) is 37.4 Å². The van der Waals surface area contributed by atoms with Crippen LogP contribution in [0.5, 0.6) is 23.0 Å². The van der Waals surface area contributed by atoms with Gasteiger partial charge in [0.25, 0.3) is 5.91 Å². The maximum absolute atomic E-state index is 12.4. The van der Waals surface area contributed by atoms with Gasteiger partial charge in [-0.05, 0) is 42.0 Å². The first kappa shape index (κ1) is 18.1. The molecule has 138 valence electrons. The molecule has 1 aliphatic rings. The summed E-state index contributed by atoms with van der Waals surface area (Å²) in [6.07, 6.45) is 1.47. The molecule has 0 fully saturated rings. The SMILES string of the molecule is COc1ccc(OC)c(/C=C(\C#N)C(=O)NCc2ccc3c(c2)OCO3)c1. The molecule has 2 aromatic carbocycles. The maximum atomic E-state index is 12.4. The van der Waals surface area contributed by atoms with E-state index in [2.05, 4.69) is 5.32 Å². The van der Waals surface area contributed by atoms with Gasteiger partial charge < -0.3 is 24.3 Å². The van der Waals surface area contributed by atoms with Crippen molar-refractivity contribution in [2.24, 2.45) is 0 Å². The third-order valence-corrected chi connectivity index (χ3v) is 3.99.